The van der Waals surface area contributed by atoms with E-state index in [0.29, 0.717) is 5.82 Å². The van der Waals surface area contributed by atoms with E-state index in [0.717, 1.165) is 34.9 Å². The van der Waals surface area contributed by atoms with E-state index in [4.69, 9.17) is 0 Å². The molecule has 36 heavy (non-hydrogen) atoms. The van der Waals surface area contributed by atoms with Gasteiger partial charge in [0.05, 0.1) is 5.69 Å². The van der Waals surface area contributed by atoms with Gasteiger partial charge in [-0.3, -0.25) is 4.98 Å². The number of benzene rings is 2. The highest BCUT2D eigenvalue weighted by molar-refractivity contribution is 7.98. The summed E-state index contributed by atoms with van der Waals surface area (Å²) in [5.74, 6) is 1.46. The molecule has 0 radical (unpaired) electrons. The normalized spacial score (nSPS) is 12.3. The fourth-order valence-corrected chi connectivity index (χ4v) is 3.95. The highest BCUT2D eigenvalue weighted by Gasteiger charge is 2.06. The smallest absolute Gasteiger partial charge is 0.183 e. The number of nitrogens with zero attached hydrogens (tertiary/aromatic N) is 5. The van der Waals surface area contributed by atoms with E-state index in [-0.39, 0.29) is 0 Å². The first-order valence-electron chi connectivity index (χ1n) is 11.8. The Bertz CT molecular complexity index is 1380. The Balaban J connectivity index is 1.43. The predicted molar refractivity (Wildman–Crippen MR) is 152 cm³/mol. The molecule has 0 unspecified atom stereocenters. The molecule has 2 aromatic carbocycles. The zero-order valence-electron chi connectivity index (χ0n) is 21.0. The van der Waals surface area contributed by atoms with Gasteiger partial charge in [-0.15, -0.1) is 16.9 Å². The maximum absolute atomic E-state index is 4.65. The number of aliphatic imine (C=N–C) groups is 1. The van der Waals surface area contributed by atoms with Gasteiger partial charge in [0, 0.05) is 34.3 Å². The monoisotopic (exact) mass is 494 g/mol. The van der Waals surface area contributed by atoms with Crippen molar-refractivity contribution in [3.05, 3.63) is 102 Å². The summed E-state index contributed by atoms with van der Waals surface area (Å²) < 4.78 is 1.76. The third-order valence-corrected chi connectivity index (χ3v) is 6.25. The van der Waals surface area contributed by atoms with E-state index in [1.54, 1.807) is 29.0 Å². The van der Waals surface area contributed by atoms with Gasteiger partial charge in [-0.2, -0.15) is 0 Å². The van der Waals surface area contributed by atoms with Crippen LogP contribution in [0.4, 0.5) is 5.69 Å². The molecule has 182 valence electrons. The summed E-state index contributed by atoms with van der Waals surface area (Å²) in [4.78, 5) is 14.7. The van der Waals surface area contributed by atoms with Crippen LogP contribution in [0.1, 0.15) is 31.5 Å². The first-order valence-corrected chi connectivity index (χ1v) is 13.1. The van der Waals surface area contributed by atoms with Crippen molar-refractivity contribution in [3.8, 4) is 17.1 Å². The molecule has 0 aliphatic carbocycles. The third kappa shape index (κ3) is 6.58. The van der Waals surface area contributed by atoms with E-state index in [1.807, 2.05) is 55.6 Å². The van der Waals surface area contributed by atoms with Gasteiger partial charge in [0.1, 0.15) is 12.1 Å². The maximum Gasteiger partial charge on any atom is 0.183 e. The third-order valence-electron chi connectivity index (χ3n) is 5.53. The molecule has 2 heterocycles. The summed E-state index contributed by atoms with van der Waals surface area (Å²) in [5.41, 5.74) is 6.11. The number of pyridine rings is 1. The number of aromatic nitrogens is 4. The molecule has 0 saturated carbocycles. The van der Waals surface area contributed by atoms with Crippen LogP contribution in [0.25, 0.3) is 22.6 Å². The van der Waals surface area contributed by atoms with Crippen LogP contribution in [0.3, 0.4) is 0 Å². The van der Waals surface area contributed by atoms with E-state index in [1.165, 1.54) is 16.0 Å². The number of aryl methyl sites for hydroxylation is 1. The minimum absolute atomic E-state index is 0.649. The summed E-state index contributed by atoms with van der Waals surface area (Å²) in [6.45, 7) is 6.16. The molecular formula is C29H30N6S. The zero-order chi connectivity index (χ0) is 25.3. The van der Waals surface area contributed by atoms with E-state index in [9.17, 15) is 0 Å². The zero-order valence-corrected chi connectivity index (χ0v) is 21.8. The van der Waals surface area contributed by atoms with Crippen molar-refractivity contribution in [1.82, 2.24) is 19.7 Å². The number of thioether (sulfide) groups is 1. The minimum Gasteiger partial charge on any atom is -0.341 e. The Morgan fingerprint density at radius 2 is 1.92 bits per heavy atom. The largest absolute Gasteiger partial charge is 0.341 e. The molecule has 0 atom stereocenters. The predicted octanol–water partition coefficient (Wildman–Crippen LogP) is 7.20. The summed E-state index contributed by atoms with van der Waals surface area (Å²) >= 11 is 1.75. The summed E-state index contributed by atoms with van der Waals surface area (Å²) in [7, 11) is 0. The van der Waals surface area contributed by atoms with Crippen LogP contribution < -0.4 is 5.32 Å². The lowest BCUT2D eigenvalue weighted by Gasteiger charge is -2.08. The Morgan fingerprint density at radius 1 is 1.08 bits per heavy atom. The molecule has 4 rings (SSSR count). The van der Waals surface area contributed by atoms with Crippen molar-refractivity contribution < 1.29 is 0 Å². The molecule has 1 N–H and O–H groups in total. The molecule has 0 fully saturated rings. The van der Waals surface area contributed by atoms with Crippen molar-refractivity contribution >= 4 is 29.2 Å². The number of allylic oxidation sites excluding steroid dienone is 3. The van der Waals surface area contributed by atoms with Gasteiger partial charge in [0.2, 0.25) is 0 Å². The molecule has 7 heteroatoms. The Labute approximate surface area is 216 Å². The molecule has 0 bridgehead atoms. The SMILES string of the molecule is CC/C=C(/N=C\C=C(/C)c1cccc(SC)c1)Nc1ccc(-n2cnc(-c3ccc(C)nc3)n2)cc1. The Kier molecular flexibility index (Phi) is 8.47. The van der Waals surface area contributed by atoms with Gasteiger partial charge in [-0.25, -0.2) is 14.7 Å². The van der Waals surface area contributed by atoms with Crippen LogP contribution in [-0.4, -0.2) is 32.2 Å². The lowest BCUT2D eigenvalue weighted by atomic mass is 10.1. The van der Waals surface area contributed by atoms with Gasteiger partial charge in [0.15, 0.2) is 5.82 Å². The van der Waals surface area contributed by atoms with Crippen LogP contribution in [0.15, 0.2) is 101 Å². The van der Waals surface area contributed by atoms with Crippen LogP contribution in [0.2, 0.25) is 0 Å². The van der Waals surface area contributed by atoms with Crippen molar-refractivity contribution in [1.29, 1.82) is 0 Å². The fourth-order valence-electron chi connectivity index (χ4n) is 3.49. The number of anilines is 1. The molecule has 2 aromatic heterocycles. The molecule has 6 nitrogen and oxygen atoms in total. The topological polar surface area (TPSA) is 68.0 Å². The van der Waals surface area contributed by atoms with E-state index in [2.05, 4.69) is 75.8 Å². The second-order valence-electron chi connectivity index (χ2n) is 8.23. The number of rotatable bonds is 9. The lowest BCUT2D eigenvalue weighted by molar-refractivity contribution is 0.882. The number of hydrogen-bond acceptors (Lipinski definition) is 6. The molecule has 0 aliphatic rings. The number of hydrogen-bond donors (Lipinski definition) is 1. The highest BCUT2D eigenvalue weighted by atomic mass is 32.2. The lowest BCUT2D eigenvalue weighted by Crippen LogP contribution is -1.99. The highest BCUT2D eigenvalue weighted by Crippen LogP contribution is 2.21. The Morgan fingerprint density at radius 3 is 2.64 bits per heavy atom. The average Bonchev–Trinajstić information content (AvgIpc) is 3.40. The van der Waals surface area contributed by atoms with Gasteiger partial charge in [-0.1, -0.05) is 19.1 Å². The van der Waals surface area contributed by atoms with Crippen LogP contribution in [0.5, 0.6) is 0 Å². The van der Waals surface area contributed by atoms with Crippen LogP contribution in [0, 0.1) is 6.92 Å². The van der Waals surface area contributed by atoms with Crippen molar-refractivity contribution in [2.45, 2.75) is 32.1 Å². The van der Waals surface area contributed by atoms with E-state index < -0.39 is 0 Å². The van der Waals surface area contributed by atoms with Gasteiger partial charge in [0.25, 0.3) is 0 Å². The van der Waals surface area contributed by atoms with Crippen LogP contribution >= 0.6 is 11.8 Å². The Hall–Kier alpha value is -3.97. The number of nitrogens with one attached hydrogen (secondary N) is 1. The maximum atomic E-state index is 4.65. The average molecular weight is 495 g/mol. The molecule has 0 saturated heterocycles. The molecule has 4 aromatic rings. The van der Waals surface area contributed by atoms with Crippen LogP contribution in [-0.2, 0) is 0 Å². The summed E-state index contributed by atoms with van der Waals surface area (Å²) in [6, 6.07) is 20.5. The second kappa shape index (κ2) is 12.1. The summed E-state index contributed by atoms with van der Waals surface area (Å²) in [5, 5.41) is 8.00. The minimum atomic E-state index is 0.649. The second-order valence-corrected chi connectivity index (χ2v) is 9.11. The molecular weight excluding hydrogens is 464 g/mol. The molecule has 0 spiro atoms. The van der Waals surface area contributed by atoms with Gasteiger partial charge in [-0.05, 0) is 98.3 Å². The fraction of sp³-hybridized carbons (Fsp3) is 0.172. The first kappa shape index (κ1) is 25.1. The van der Waals surface area contributed by atoms with E-state index >= 15 is 0 Å². The van der Waals surface area contributed by atoms with Crippen molar-refractivity contribution in [3.63, 3.8) is 0 Å². The van der Waals surface area contributed by atoms with Gasteiger partial charge >= 0.3 is 0 Å². The standard InChI is InChI=1S/C29H30N6S/c1-5-7-28(30-17-16-21(2)23-8-6-9-27(18-23)36-4)33-25-12-14-26(15-13-25)35-20-32-29(34-35)24-11-10-22(3)31-19-24/h6-20,33H,5H2,1-4H3/b21-16+,28-7-,30-17-. The molecule has 0 aliphatic heterocycles. The molecule has 0 amide bonds. The quantitative estimate of drug-likeness (QED) is 0.197. The van der Waals surface area contributed by atoms with Crippen molar-refractivity contribution in [2.24, 2.45) is 4.99 Å². The summed E-state index contributed by atoms with van der Waals surface area (Å²) in [6.07, 6.45) is 12.4. The van der Waals surface area contributed by atoms with Crippen molar-refractivity contribution in [2.75, 3.05) is 11.6 Å². The first-order chi connectivity index (χ1) is 17.6. The van der Waals surface area contributed by atoms with Gasteiger partial charge < -0.3 is 5.32 Å².